The molecular formula is C22H18BrClN2O2. The average molecular weight is 458 g/mol. The fourth-order valence-corrected chi connectivity index (χ4v) is 2.95. The molecule has 0 saturated carbocycles. The van der Waals surface area contributed by atoms with Gasteiger partial charge in [-0.25, -0.2) is 5.43 Å². The van der Waals surface area contributed by atoms with E-state index in [0.717, 1.165) is 21.2 Å². The van der Waals surface area contributed by atoms with Crippen LogP contribution in [0.25, 0.3) is 0 Å². The van der Waals surface area contributed by atoms with Crippen LogP contribution >= 0.6 is 27.5 Å². The van der Waals surface area contributed by atoms with Crippen LogP contribution in [0.15, 0.2) is 82.4 Å². The van der Waals surface area contributed by atoms with Crippen molar-refractivity contribution < 1.29 is 9.53 Å². The number of nitrogens with one attached hydrogen (secondary N) is 1. The summed E-state index contributed by atoms with van der Waals surface area (Å²) in [5.41, 5.74) is 5.13. The first-order valence-corrected chi connectivity index (χ1v) is 9.80. The Hall–Kier alpha value is -2.63. The zero-order valence-corrected chi connectivity index (χ0v) is 17.3. The minimum atomic E-state index is -0.187. The Balaban J connectivity index is 1.58. The smallest absolute Gasteiger partial charge is 0.244 e. The highest BCUT2D eigenvalue weighted by molar-refractivity contribution is 9.10. The van der Waals surface area contributed by atoms with Crippen molar-refractivity contribution in [2.75, 3.05) is 0 Å². The first-order valence-electron chi connectivity index (χ1n) is 8.63. The maximum atomic E-state index is 12.0. The van der Waals surface area contributed by atoms with Crippen molar-refractivity contribution >= 4 is 39.7 Å². The fourth-order valence-electron chi connectivity index (χ4n) is 2.49. The molecule has 0 unspecified atom stereocenters. The van der Waals surface area contributed by atoms with Gasteiger partial charge in [0.25, 0.3) is 0 Å². The van der Waals surface area contributed by atoms with E-state index >= 15 is 0 Å². The van der Waals surface area contributed by atoms with Gasteiger partial charge >= 0.3 is 0 Å². The molecule has 0 aliphatic carbocycles. The molecule has 0 heterocycles. The van der Waals surface area contributed by atoms with Gasteiger partial charge in [0, 0.05) is 20.6 Å². The summed E-state index contributed by atoms with van der Waals surface area (Å²) in [6, 6.07) is 22.6. The van der Waals surface area contributed by atoms with Crippen molar-refractivity contribution in [3.63, 3.8) is 0 Å². The Morgan fingerprint density at radius 3 is 2.54 bits per heavy atom. The molecule has 3 aromatic carbocycles. The Morgan fingerprint density at radius 2 is 1.75 bits per heavy atom. The van der Waals surface area contributed by atoms with Gasteiger partial charge in [0.05, 0.1) is 12.6 Å². The summed E-state index contributed by atoms with van der Waals surface area (Å²) in [5, 5.41) is 4.71. The number of carbonyl (C=O) groups excluding carboxylic acids is 1. The number of rotatable bonds is 7. The first kappa shape index (κ1) is 20.1. The monoisotopic (exact) mass is 456 g/mol. The Bertz CT molecular complexity index is 974. The van der Waals surface area contributed by atoms with Crippen molar-refractivity contribution in [1.82, 2.24) is 5.43 Å². The van der Waals surface area contributed by atoms with Gasteiger partial charge in [-0.1, -0.05) is 70.0 Å². The topological polar surface area (TPSA) is 50.7 Å². The van der Waals surface area contributed by atoms with Crippen LogP contribution in [0.4, 0.5) is 0 Å². The summed E-state index contributed by atoms with van der Waals surface area (Å²) >= 11 is 9.54. The van der Waals surface area contributed by atoms with E-state index in [1.165, 1.54) is 0 Å². The quantitative estimate of drug-likeness (QED) is 0.383. The maximum absolute atomic E-state index is 12.0. The van der Waals surface area contributed by atoms with E-state index < -0.39 is 0 Å². The summed E-state index contributed by atoms with van der Waals surface area (Å²) in [6.07, 6.45) is 1.83. The van der Waals surface area contributed by atoms with Crippen molar-refractivity contribution in [1.29, 1.82) is 0 Å². The molecule has 1 amide bonds. The van der Waals surface area contributed by atoms with E-state index in [9.17, 15) is 4.79 Å². The predicted molar refractivity (Wildman–Crippen MR) is 116 cm³/mol. The lowest BCUT2D eigenvalue weighted by Crippen LogP contribution is -2.19. The molecule has 0 fully saturated rings. The molecule has 0 aliphatic heterocycles. The van der Waals surface area contributed by atoms with E-state index in [2.05, 4.69) is 26.5 Å². The zero-order chi connectivity index (χ0) is 19.8. The summed E-state index contributed by atoms with van der Waals surface area (Å²) in [5.74, 6) is 0.473. The lowest BCUT2D eigenvalue weighted by molar-refractivity contribution is -0.120. The summed E-state index contributed by atoms with van der Waals surface area (Å²) in [6.45, 7) is 0.348. The second-order valence-electron chi connectivity index (χ2n) is 6.01. The molecule has 6 heteroatoms. The molecule has 3 rings (SSSR count). The normalized spacial score (nSPS) is 10.8. The van der Waals surface area contributed by atoms with Crippen molar-refractivity contribution in [2.24, 2.45) is 5.10 Å². The second kappa shape index (κ2) is 10.1. The molecule has 0 saturated heterocycles. The average Bonchev–Trinajstić information content (AvgIpc) is 2.70. The van der Waals surface area contributed by atoms with Crippen LogP contribution in [0.1, 0.15) is 16.7 Å². The van der Waals surface area contributed by atoms with Crippen molar-refractivity contribution in [3.8, 4) is 5.75 Å². The zero-order valence-electron chi connectivity index (χ0n) is 14.9. The number of nitrogens with zero attached hydrogens (tertiary/aromatic N) is 1. The van der Waals surface area contributed by atoms with Gasteiger partial charge in [-0.3, -0.25) is 4.79 Å². The molecule has 0 spiro atoms. The number of amides is 1. The Morgan fingerprint density at radius 1 is 1.04 bits per heavy atom. The molecule has 0 radical (unpaired) electrons. The molecule has 0 atom stereocenters. The third-order valence-corrected chi connectivity index (χ3v) is 4.83. The highest BCUT2D eigenvalue weighted by Gasteiger charge is 2.05. The van der Waals surface area contributed by atoms with Gasteiger partial charge in [-0.2, -0.15) is 5.10 Å². The van der Waals surface area contributed by atoms with Gasteiger partial charge in [-0.15, -0.1) is 0 Å². The van der Waals surface area contributed by atoms with Crippen LogP contribution in [0.5, 0.6) is 5.75 Å². The second-order valence-corrected chi connectivity index (χ2v) is 7.34. The minimum Gasteiger partial charge on any atom is -0.488 e. The fraction of sp³-hybridized carbons (Fsp3) is 0.0909. The number of hydrazone groups is 1. The van der Waals surface area contributed by atoms with E-state index in [4.69, 9.17) is 16.3 Å². The Kier molecular flexibility index (Phi) is 7.23. The molecule has 3 aromatic rings. The molecular weight excluding hydrogens is 440 g/mol. The van der Waals surface area contributed by atoms with Crippen LogP contribution < -0.4 is 10.2 Å². The SMILES string of the molecule is O=C(Cc1ccc(Br)cc1)N/N=C/c1ccccc1OCc1ccccc1Cl. The van der Waals surface area contributed by atoms with Crippen molar-refractivity contribution in [2.45, 2.75) is 13.0 Å². The largest absolute Gasteiger partial charge is 0.488 e. The molecule has 1 N–H and O–H groups in total. The molecule has 0 aliphatic rings. The lowest BCUT2D eigenvalue weighted by atomic mass is 10.1. The third kappa shape index (κ3) is 5.94. The number of hydrogen-bond donors (Lipinski definition) is 1. The number of carbonyl (C=O) groups is 1. The van der Waals surface area contributed by atoms with Crippen molar-refractivity contribution in [3.05, 3.63) is 99.0 Å². The van der Waals surface area contributed by atoms with Crippen LogP contribution in [-0.4, -0.2) is 12.1 Å². The molecule has 28 heavy (non-hydrogen) atoms. The maximum Gasteiger partial charge on any atom is 0.244 e. The standard InChI is InChI=1S/C22H18BrClN2O2/c23-19-11-9-16(10-12-19)13-22(27)26-25-14-17-5-2-4-8-21(17)28-15-18-6-1-3-7-20(18)24/h1-12,14H,13,15H2,(H,26,27)/b25-14+. The molecule has 0 aromatic heterocycles. The number of benzene rings is 3. The number of halogens is 2. The highest BCUT2D eigenvalue weighted by Crippen LogP contribution is 2.21. The summed E-state index contributed by atoms with van der Waals surface area (Å²) in [7, 11) is 0. The van der Waals surface area contributed by atoms with Gasteiger partial charge in [0.1, 0.15) is 12.4 Å². The summed E-state index contributed by atoms with van der Waals surface area (Å²) in [4.78, 5) is 12.0. The van der Waals surface area contributed by atoms with Gasteiger partial charge in [-0.05, 0) is 35.9 Å². The van der Waals surface area contributed by atoms with Crippen LogP contribution in [0.2, 0.25) is 5.02 Å². The Labute approximate surface area is 177 Å². The third-order valence-electron chi connectivity index (χ3n) is 3.93. The summed E-state index contributed by atoms with van der Waals surface area (Å²) < 4.78 is 6.85. The predicted octanol–water partition coefficient (Wildman–Crippen LogP) is 5.37. The van der Waals surface area contributed by atoms with E-state index in [0.29, 0.717) is 17.4 Å². The van der Waals surface area contributed by atoms with Crippen LogP contribution in [0, 0.1) is 0 Å². The van der Waals surface area contributed by atoms with E-state index in [-0.39, 0.29) is 12.3 Å². The highest BCUT2D eigenvalue weighted by atomic mass is 79.9. The number of hydrogen-bond acceptors (Lipinski definition) is 3. The minimum absolute atomic E-state index is 0.187. The van der Waals surface area contributed by atoms with Crippen LogP contribution in [0.3, 0.4) is 0 Å². The van der Waals surface area contributed by atoms with Gasteiger partial charge < -0.3 is 4.74 Å². The number of para-hydroxylation sites is 1. The first-order chi connectivity index (χ1) is 13.6. The molecule has 4 nitrogen and oxygen atoms in total. The van der Waals surface area contributed by atoms with E-state index in [1.54, 1.807) is 6.21 Å². The van der Waals surface area contributed by atoms with Gasteiger partial charge in [0.2, 0.25) is 5.91 Å². The number of ether oxygens (including phenoxy) is 1. The molecule has 142 valence electrons. The van der Waals surface area contributed by atoms with Gasteiger partial charge in [0.15, 0.2) is 0 Å². The van der Waals surface area contributed by atoms with E-state index in [1.807, 2.05) is 72.8 Å². The van der Waals surface area contributed by atoms with Crippen LogP contribution in [-0.2, 0) is 17.8 Å². The molecule has 0 bridgehead atoms. The lowest BCUT2D eigenvalue weighted by Gasteiger charge is -2.10.